The number of anilines is 1. The molecule has 1 fully saturated rings. The van der Waals surface area contributed by atoms with Crippen LogP contribution in [0.4, 0.5) is 5.13 Å². The summed E-state index contributed by atoms with van der Waals surface area (Å²) < 4.78 is 0. The van der Waals surface area contributed by atoms with Crippen molar-refractivity contribution in [2.24, 2.45) is 0 Å². The lowest BCUT2D eigenvalue weighted by molar-refractivity contribution is 0.522. The van der Waals surface area contributed by atoms with Crippen molar-refractivity contribution < 1.29 is 0 Å². The summed E-state index contributed by atoms with van der Waals surface area (Å²) >= 11 is 1.56. The van der Waals surface area contributed by atoms with Gasteiger partial charge in [0.1, 0.15) is 0 Å². The van der Waals surface area contributed by atoms with E-state index in [1.54, 1.807) is 11.3 Å². The molecule has 3 rings (SSSR count). The highest BCUT2D eigenvalue weighted by Crippen LogP contribution is 2.45. The predicted octanol–water partition coefficient (Wildman–Crippen LogP) is 2.50. The molecule has 1 aliphatic carbocycles. The van der Waals surface area contributed by atoms with Gasteiger partial charge >= 0.3 is 0 Å². The quantitative estimate of drug-likeness (QED) is 0.870. The minimum atomic E-state index is 0.194. The second-order valence-corrected chi connectivity index (χ2v) is 5.61. The highest BCUT2D eigenvalue weighted by Gasteiger charge is 2.43. The van der Waals surface area contributed by atoms with Crippen molar-refractivity contribution in [2.45, 2.75) is 24.9 Å². The number of aromatic nitrogens is 1. The number of nitrogens with one attached hydrogen (secondary N) is 1. The van der Waals surface area contributed by atoms with Gasteiger partial charge in [-0.1, -0.05) is 30.3 Å². The van der Waals surface area contributed by atoms with Crippen LogP contribution in [-0.4, -0.2) is 4.98 Å². The summed E-state index contributed by atoms with van der Waals surface area (Å²) in [6.07, 6.45) is 4.28. The molecule has 0 amide bonds. The largest absolute Gasteiger partial charge is 0.375 e. The minimum absolute atomic E-state index is 0.194. The zero-order chi connectivity index (χ0) is 11.7. The van der Waals surface area contributed by atoms with E-state index in [4.69, 9.17) is 5.73 Å². The summed E-state index contributed by atoms with van der Waals surface area (Å²) in [7, 11) is 0. The summed E-state index contributed by atoms with van der Waals surface area (Å²) in [5, 5.41) is 4.28. The Balaban J connectivity index is 1.69. The fraction of sp³-hybridized carbons (Fsp3) is 0.308. The Hall–Kier alpha value is -1.39. The van der Waals surface area contributed by atoms with Gasteiger partial charge in [-0.2, -0.15) is 0 Å². The highest BCUT2D eigenvalue weighted by atomic mass is 32.1. The lowest BCUT2D eigenvalue weighted by atomic mass is 10.1. The number of thiazole rings is 1. The molecule has 3 N–H and O–H groups in total. The number of benzene rings is 1. The fourth-order valence-corrected chi connectivity index (χ4v) is 2.73. The number of nitrogens with two attached hydrogens (primary N) is 1. The average Bonchev–Trinajstić information content (AvgIpc) is 3.05. The zero-order valence-corrected chi connectivity index (χ0v) is 10.3. The lowest BCUT2D eigenvalue weighted by Crippen LogP contribution is -2.27. The van der Waals surface area contributed by atoms with E-state index in [0.717, 1.165) is 6.54 Å². The first-order valence-corrected chi connectivity index (χ1v) is 6.61. The van der Waals surface area contributed by atoms with Gasteiger partial charge in [-0.25, -0.2) is 4.98 Å². The van der Waals surface area contributed by atoms with Crippen molar-refractivity contribution in [3.05, 3.63) is 47.0 Å². The van der Waals surface area contributed by atoms with Crippen molar-refractivity contribution in [3.8, 4) is 0 Å². The molecule has 1 aromatic carbocycles. The Morgan fingerprint density at radius 3 is 2.65 bits per heavy atom. The molecule has 0 saturated heterocycles. The van der Waals surface area contributed by atoms with Crippen LogP contribution in [0.25, 0.3) is 0 Å². The molecule has 4 heteroatoms. The first-order valence-electron chi connectivity index (χ1n) is 5.79. The van der Waals surface area contributed by atoms with E-state index in [2.05, 4.69) is 40.6 Å². The van der Waals surface area contributed by atoms with Crippen LogP contribution in [0, 0.1) is 0 Å². The van der Waals surface area contributed by atoms with Gasteiger partial charge < -0.3 is 11.1 Å². The van der Waals surface area contributed by atoms with Gasteiger partial charge in [-0.3, -0.25) is 0 Å². The van der Waals surface area contributed by atoms with E-state index >= 15 is 0 Å². The molecule has 1 aliphatic rings. The van der Waals surface area contributed by atoms with Gasteiger partial charge in [0.15, 0.2) is 5.13 Å². The van der Waals surface area contributed by atoms with E-state index in [1.807, 2.05) is 6.20 Å². The van der Waals surface area contributed by atoms with E-state index in [1.165, 1.54) is 23.3 Å². The van der Waals surface area contributed by atoms with Crippen LogP contribution < -0.4 is 11.1 Å². The summed E-state index contributed by atoms with van der Waals surface area (Å²) in [6.45, 7) is 0.851. The van der Waals surface area contributed by atoms with Gasteiger partial charge in [0, 0.05) is 23.2 Å². The van der Waals surface area contributed by atoms with E-state index in [-0.39, 0.29) is 5.54 Å². The standard InChI is InChI=1S/C13H15N3S/c14-12-15-8-11(17-12)9-16-13(6-7-13)10-4-2-1-3-5-10/h1-5,8,16H,6-7,9H2,(H2,14,15). The highest BCUT2D eigenvalue weighted by molar-refractivity contribution is 7.15. The maximum absolute atomic E-state index is 5.62. The summed E-state index contributed by atoms with van der Waals surface area (Å²) in [4.78, 5) is 5.27. The number of rotatable bonds is 4. The van der Waals surface area contributed by atoms with Crippen molar-refractivity contribution >= 4 is 16.5 Å². The van der Waals surface area contributed by atoms with Crippen LogP contribution in [0.15, 0.2) is 36.5 Å². The number of hydrogen-bond acceptors (Lipinski definition) is 4. The van der Waals surface area contributed by atoms with E-state index in [0.29, 0.717) is 5.13 Å². The molecule has 0 aliphatic heterocycles. The molecule has 0 radical (unpaired) electrons. The van der Waals surface area contributed by atoms with Crippen LogP contribution in [0.3, 0.4) is 0 Å². The molecule has 1 aromatic heterocycles. The average molecular weight is 245 g/mol. The second-order valence-electron chi connectivity index (χ2n) is 4.47. The van der Waals surface area contributed by atoms with Gasteiger partial charge in [-0.15, -0.1) is 11.3 Å². The first kappa shape index (κ1) is 10.7. The van der Waals surface area contributed by atoms with Crippen molar-refractivity contribution in [2.75, 3.05) is 5.73 Å². The van der Waals surface area contributed by atoms with Crippen LogP contribution in [0.2, 0.25) is 0 Å². The minimum Gasteiger partial charge on any atom is -0.375 e. The Labute approximate surface area is 105 Å². The van der Waals surface area contributed by atoms with Crippen LogP contribution in [0.1, 0.15) is 23.3 Å². The topological polar surface area (TPSA) is 50.9 Å². The fourth-order valence-electron chi connectivity index (χ4n) is 2.11. The molecule has 2 aromatic rings. The molecule has 3 nitrogen and oxygen atoms in total. The molecule has 1 saturated carbocycles. The molecule has 0 bridgehead atoms. The zero-order valence-electron chi connectivity index (χ0n) is 9.52. The van der Waals surface area contributed by atoms with Gasteiger partial charge in [0.05, 0.1) is 0 Å². The SMILES string of the molecule is Nc1ncc(CNC2(c3ccccc3)CC2)s1. The number of hydrogen-bond donors (Lipinski definition) is 2. The van der Waals surface area contributed by atoms with Gasteiger partial charge in [0.25, 0.3) is 0 Å². The maximum atomic E-state index is 5.62. The van der Waals surface area contributed by atoms with E-state index < -0.39 is 0 Å². The Morgan fingerprint density at radius 2 is 2.06 bits per heavy atom. The van der Waals surface area contributed by atoms with Gasteiger partial charge in [-0.05, 0) is 18.4 Å². The smallest absolute Gasteiger partial charge is 0.180 e. The van der Waals surface area contributed by atoms with Crippen molar-refractivity contribution in [1.29, 1.82) is 0 Å². The Morgan fingerprint density at radius 1 is 1.29 bits per heavy atom. The predicted molar refractivity (Wildman–Crippen MR) is 70.7 cm³/mol. The maximum Gasteiger partial charge on any atom is 0.180 e. The molecular weight excluding hydrogens is 230 g/mol. The Bertz CT molecular complexity index is 502. The lowest BCUT2D eigenvalue weighted by Gasteiger charge is -2.17. The molecule has 17 heavy (non-hydrogen) atoms. The molecule has 88 valence electrons. The van der Waals surface area contributed by atoms with Crippen LogP contribution >= 0.6 is 11.3 Å². The monoisotopic (exact) mass is 245 g/mol. The normalized spacial score (nSPS) is 16.9. The molecule has 0 atom stereocenters. The molecule has 0 spiro atoms. The molecule has 1 heterocycles. The molecular formula is C13H15N3S. The van der Waals surface area contributed by atoms with Crippen LogP contribution in [-0.2, 0) is 12.1 Å². The third-order valence-corrected chi connectivity index (χ3v) is 4.08. The summed E-state index contributed by atoms with van der Waals surface area (Å²) in [5.74, 6) is 0. The van der Waals surface area contributed by atoms with E-state index in [9.17, 15) is 0 Å². The van der Waals surface area contributed by atoms with Gasteiger partial charge in [0.2, 0.25) is 0 Å². The third kappa shape index (κ3) is 2.18. The molecule has 0 unspecified atom stereocenters. The first-order chi connectivity index (χ1) is 8.28. The van der Waals surface area contributed by atoms with Crippen molar-refractivity contribution in [3.63, 3.8) is 0 Å². The Kier molecular flexibility index (Phi) is 2.61. The second kappa shape index (κ2) is 4.13. The summed E-state index contributed by atoms with van der Waals surface area (Å²) in [5.41, 5.74) is 7.21. The number of nitrogen functional groups attached to an aromatic ring is 1. The van der Waals surface area contributed by atoms with Crippen molar-refractivity contribution in [1.82, 2.24) is 10.3 Å². The summed E-state index contributed by atoms with van der Waals surface area (Å²) in [6, 6.07) is 10.6. The van der Waals surface area contributed by atoms with Crippen LogP contribution in [0.5, 0.6) is 0 Å². The third-order valence-electron chi connectivity index (χ3n) is 3.25. The number of nitrogens with zero attached hydrogens (tertiary/aromatic N) is 1.